The van der Waals surface area contributed by atoms with Crippen molar-refractivity contribution in [2.24, 2.45) is 5.92 Å². The van der Waals surface area contributed by atoms with Gasteiger partial charge < -0.3 is 5.11 Å². The normalized spacial score (nSPS) is 12.7. The Kier molecular flexibility index (Phi) is 5.28. The minimum Gasteiger partial charge on any atom is -0.478 e. The zero-order valence-electron chi connectivity index (χ0n) is 10.8. The zero-order chi connectivity index (χ0) is 15.5. The average molecular weight is 361 g/mol. The third kappa shape index (κ3) is 3.79. The first kappa shape index (κ1) is 16.6. The predicted octanol–water partition coefficient (Wildman–Crippen LogP) is 1.89. The second kappa shape index (κ2) is 6.35. The number of rotatable bonds is 5. The number of halogens is 1. The molecule has 8 heteroatoms. The van der Waals surface area contributed by atoms with E-state index in [2.05, 4.69) is 20.7 Å². The lowest BCUT2D eigenvalue weighted by Gasteiger charge is -2.12. The molecule has 108 valence electrons. The lowest BCUT2D eigenvalue weighted by Crippen LogP contribution is -2.28. The monoisotopic (exact) mass is 360 g/mol. The third-order valence-electron chi connectivity index (χ3n) is 2.56. The number of aryl methyl sites for hydroxylation is 1. The Morgan fingerprint density at radius 2 is 2.15 bits per heavy atom. The van der Waals surface area contributed by atoms with E-state index in [-0.39, 0.29) is 17.0 Å². The van der Waals surface area contributed by atoms with Gasteiger partial charge in [0, 0.05) is 11.0 Å². The molecule has 1 atom stereocenters. The number of carbonyl (C=O) groups is 1. The summed E-state index contributed by atoms with van der Waals surface area (Å²) in [5.41, 5.74) is 0.387. The highest BCUT2D eigenvalue weighted by atomic mass is 79.9. The molecule has 6 nitrogen and oxygen atoms in total. The van der Waals surface area contributed by atoms with Gasteiger partial charge in [-0.25, -0.2) is 17.9 Å². The molecule has 2 N–H and O–H groups in total. The number of hydrogen-bond donors (Lipinski definition) is 2. The summed E-state index contributed by atoms with van der Waals surface area (Å²) in [7, 11) is -3.89. The summed E-state index contributed by atoms with van der Waals surface area (Å²) in [6.07, 6.45) is 0. The highest BCUT2D eigenvalue weighted by molar-refractivity contribution is 9.10. The molecular weight excluding hydrogens is 348 g/mol. The molecule has 1 aromatic carbocycles. The van der Waals surface area contributed by atoms with Crippen LogP contribution in [0.3, 0.4) is 0 Å². The minimum atomic E-state index is -3.89. The molecule has 1 rings (SSSR count). The molecule has 0 heterocycles. The van der Waals surface area contributed by atoms with Crippen molar-refractivity contribution in [3.8, 4) is 6.07 Å². The lowest BCUT2D eigenvalue weighted by atomic mass is 10.1. The second-order valence-corrected chi connectivity index (χ2v) is 6.82. The summed E-state index contributed by atoms with van der Waals surface area (Å²) in [5.74, 6) is -1.69. The fraction of sp³-hybridized carbons (Fsp3) is 0.333. The van der Waals surface area contributed by atoms with Crippen molar-refractivity contribution in [3.05, 3.63) is 27.7 Å². The molecule has 0 saturated heterocycles. The van der Waals surface area contributed by atoms with Gasteiger partial charge in [0.1, 0.15) is 0 Å². The number of benzene rings is 1. The molecule has 0 fully saturated rings. The van der Waals surface area contributed by atoms with Crippen LogP contribution in [-0.2, 0) is 10.0 Å². The maximum absolute atomic E-state index is 12.2. The van der Waals surface area contributed by atoms with Crippen molar-refractivity contribution in [3.63, 3.8) is 0 Å². The van der Waals surface area contributed by atoms with Gasteiger partial charge in [-0.1, -0.05) is 0 Å². The number of nitrogens with zero attached hydrogens (tertiary/aromatic N) is 1. The van der Waals surface area contributed by atoms with Crippen LogP contribution in [0.15, 0.2) is 21.5 Å². The van der Waals surface area contributed by atoms with Crippen LogP contribution in [-0.4, -0.2) is 26.0 Å². The van der Waals surface area contributed by atoms with E-state index < -0.39 is 21.9 Å². The van der Waals surface area contributed by atoms with E-state index in [1.54, 1.807) is 13.8 Å². The van der Waals surface area contributed by atoms with Gasteiger partial charge in [-0.15, -0.1) is 0 Å². The van der Waals surface area contributed by atoms with Crippen LogP contribution >= 0.6 is 15.9 Å². The number of carboxylic acid groups (broad SMARTS) is 1. The number of nitrogens with one attached hydrogen (secondary N) is 1. The zero-order valence-corrected chi connectivity index (χ0v) is 13.2. The molecule has 0 amide bonds. The molecular formula is C12H13BrN2O4S. The Balaban J connectivity index is 3.24. The molecule has 20 heavy (non-hydrogen) atoms. The summed E-state index contributed by atoms with van der Waals surface area (Å²) < 4.78 is 26.9. The van der Waals surface area contributed by atoms with Crippen LogP contribution in [0.5, 0.6) is 0 Å². The van der Waals surface area contributed by atoms with Gasteiger partial charge in [-0.2, -0.15) is 5.26 Å². The number of carboxylic acids is 1. The van der Waals surface area contributed by atoms with Gasteiger partial charge in [0.2, 0.25) is 10.0 Å². The highest BCUT2D eigenvalue weighted by Crippen LogP contribution is 2.27. The van der Waals surface area contributed by atoms with Gasteiger partial charge >= 0.3 is 5.97 Å². The average Bonchev–Trinajstić information content (AvgIpc) is 2.38. The van der Waals surface area contributed by atoms with E-state index in [4.69, 9.17) is 10.4 Å². The van der Waals surface area contributed by atoms with Crippen LogP contribution in [0.4, 0.5) is 0 Å². The van der Waals surface area contributed by atoms with E-state index in [0.717, 1.165) is 6.07 Å². The molecule has 0 radical (unpaired) electrons. The Bertz CT molecular complexity index is 679. The minimum absolute atomic E-state index is 0.0401. The van der Waals surface area contributed by atoms with Crippen molar-refractivity contribution in [2.75, 3.05) is 6.54 Å². The standard InChI is InChI=1S/C12H13BrN2O4S/c1-7(5-14)6-15-20(18,19)10-4-9(12(16)17)3-8(2)11(10)13/h3-4,7,15H,6H2,1-2H3,(H,16,17). The van der Waals surface area contributed by atoms with Gasteiger partial charge in [-0.3, -0.25) is 0 Å². The quantitative estimate of drug-likeness (QED) is 0.833. The second-order valence-electron chi connectivity index (χ2n) is 4.29. The number of hydrogen-bond acceptors (Lipinski definition) is 4. The van der Waals surface area contributed by atoms with E-state index in [0.29, 0.717) is 10.0 Å². The first-order chi connectivity index (χ1) is 9.19. The summed E-state index contributed by atoms with van der Waals surface area (Å²) in [5, 5.41) is 17.6. The lowest BCUT2D eigenvalue weighted by molar-refractivity contribution is 0.0696. The Labute approximate surface area is 125 Å². The molecule has 0 aliphatic carbocycles. The molecule has 1 unspecified atom stereocenters. The van der Waals surface area contributed by atoms with E-state index in [1.165, 1.54) is 6.07 Å². The summed E-state index contributed by atoms with van der Waals surface area (Å²) in [6.45, 7) is 3.14. The van der Waals surface area contributed by atoms with Gasteiger partial charge in [-0.05, 0) is 47.5 Å². The third-order valence-corrected chi connectivity index (χ3v) is 5.32. The molecule has 0 aromatic heterocycles. The van der Waals surface area contributed by atoms with Crippen molar-refractivity contribution in [1.29, 1.82) is 5.26 Å². The summed E-state index contributed by atoms with van der Waals surface area (Å²) in [4.78, 5) is 10.8. The van der Waals surface area contributed by atoms with E-state index in [1.807, 2.05) is 6.07 Å². The molecule has 0 spiro atoms. The number of nitriles is 1. The Hall–Kier alpha value is -1.43. The number of sulfonamides is 1. The molecule has 0 bridgehead atoms. The fourth-order valence-electron chi connectivity index (χ4n) is 1.41. The summed E-state index contributed by atoms with van der Waals surface area (Å²) in [6, 6.07) is 4.37. The molecule has 0 aliphatic heterocycles. The molecule has 0 saturated carbocycles. The van der Waals surface area contributed by atoms with Crippen LogP contribution in [0.2, 0.25) is 0 Å². The van der Waals surface area contributed by atoms with Crippen molar-refractivity contribution in [2.45, 2.75) is 18.7 Å². The van der Waals surface area contributed by atoms with Crippen molar-refractivity contribution >= 4 is 31.9 Å². The van der Waals surface area contributed by atoms with Crippen LogP contribution in [0.25, 0.3) is 0 Å². The predicted molar refractivity (Wildman–Crippen MR) is 75.8 cm³/mol. The first-order valence-corrected chi connectivity index (χ1v) is 7.89. The van der Waals surface area contributed by atoms with Crippen LogP contribution < -0.4 is 4.72 Å². The Morgan fingerprint density at radius 1 is 1.55 bits per heavy atom. The van der Waals surface area contributed by atoms with Crippen LogP contribution in [0.1, 0.15) is 22.8 Å². The first-order valence-electron chi connectivity index (χ1n) is 5.61. The topological polar surface area (TPSA) is 107 Å². The van der Waals surface area contributed by atoms with E-state index >= 15 is 0 Å². The SMILES string of the molecule is Cc1cc(C(=O)O)cc(S(=O)(=O)NCC(C)C#N)c1Br. The van der Waals surface area contributed by atoms with Crippen molar-refractivity contribution in [1.82, 2.24) is 4.72 Å². The smallest absolute Gasteiger partial charge is 0.335 e. The Morgan fingerprint density at radius 3 is 2.65 bits per heavy atom. The van der Waals surface area contributed by atoms with Crippen LogP contribution in [0, 0.1) is 24.2 Å². The fourth-order valence-corrected chi connectivity index (χ4v) is 3.59. The van der Waals surface area contributed by atoms with Crippen molar-refractivity contribution < 1.29 is 18.3 Å². The molecule has 1 aromatic rings. The highest BCUT2D eigenvalue weighted by Gasteiger charge is 2.22. The van der Waals surface area contributed by atoms with E-state index in [9.17, 15) is 13.2 Å². The largest absolute Gasteiger partial charge is 0.478 e. The van der Waals surface area contributed by atoms with Gasteiger partial charge in [0.15, 0.2) is 0 Å². The maximum atomic E-state index is 12.2. The maximum Gasteiger partial charge on any atom is 0.335 e. The van der Waals surface area contributed by atoms with Gasteiger partial charge in [0.25, 0.3) is 0 Å². The number of aromatic carboxylic acids is 1. The molecule has 0 aliphatic rings. The summed E-state index contributed by atoms with van der Waals surface area (Å²) >= 11 is 3.15. The van der Waals surface area contributed by atoms with Gasteiger partial charge in [0.05, 0.1) is 22.4 Å².